The molecule has 0 radical (unpaired) electrons. The Balaban J connectivity index is 1.66. The van der Waals surface area contributed by atoms with E-state index in [1.807, 2.05) is 53.8 Å². The number of carbonyl (C=O) groups is 1. The topological polar surface area (TPSA) is 113 Å². The van der Waals surface area contributed by atoms with E-state index in [2.05, 4.69) is 21.0 Å². The maximum atomic E-state index is 12.5. The van der Waals surface area contributed by atoms with Gasteiger partial charge in [0, 0.05) is 51.4 Å². The van der Waals surface area contributed by atoms with E-state index < -0.39 is 12.1 Å². The van der Waals surface area contributed by atoms with Crippen molar-refractivity contribution in [3.05, 3.63) is 54.2 Å². The molecule has 1 atom stereocenters. The molecule has 0 spiro atoms. The molecule has 1 amide bonds. The number of aryl methyl sites for hydroxylation is 1. The van der Waals surface area contributed by atoms with Gasteiger partial charge < -0.3 is 25.4 Å². The number of pyridine rings is 1. The first-order valence-electron chi connectivity index (χ1n) is 11.3. The minimum absolute atomic E-state index is 0.273. The fourth-order valence-corrected chi connectivity index (χ4v) is 4.60. The molecule has 0 aliphatic carbocycles. The number of nitrogens with two attached hydrogens (primary N) is 1. The highest BCUT2D eigenvalue weighted by Crippen LogP contribution is 2.44. The summed E-state index contributed by atoms with van der Waals surface area (Å²) in [4.78, 5) is 22.9. The molecule has 10 nitrogen and oxygen atoms in total. The van der Waals surface area contributed by atoms with E-state index >= 15 is 0 Å². The summed E-state index contributed by atoms with van der Waals surface area (Å²) in [5.41, 5.74) is 9.63. The van der Waals surface area contributed by atoms with E-state index in [0.29, 0.717) is 25.9 Å². The fourth-order valence-electron chi connectivity index (χ4n) is 4.60. The second-order valence-electron chi connectivity index (χ2n) is 8.95. The number of anilines is 3. The normalized spacial score (nSPS) is 18.8. The zero-order valence-corrected chi connectivity index (χ0v) is 19.5. The standard InChI is InChI=1S/C24H29N7O3/c1-28(2)22-11-15(4-7-26-22)24-31(21(14-34-24)23(25)33)20-10-16-13-27-29(3)18(16)12-19(20)30-8-5-17(32)6-9-30/h4,7,10-14,17,24,32H,5-6,8-9H2,1-3H3,(H2,25,33). The van der Waals surface area contributed by atoms with Crippen LogP contribution < -0.4 is 20.4 Å². The van der Waals surface area contributed by atoms with Gasteiger partial charge in [-0.15, -0.1) is 0 Å². The third-order valence-corrected chi connectivity index (χ3v) is 6.48. The summed E-state index contributed by atoms with van der Waals surface area (Å²) in [5.74, 6) is 0.206. The highest BCUT2D eigenvalue weighted by Gasteiger charge is 2.36. The number of aromatic nitrogens is 3. The Morgan fingerprint density at radius 3 is 2.68 bits per heavy atom. The Morgan fingerprint density at radius 1 is 1.21 bits per heavy atom. The van der Waals surface area contributed by atoms with Crippen LogP contribution >= 0.6 is 0 Å². The highest BCUT2D eigenvalue weighted by molar-refractivity contribution is 6.00. The molecule has 3 aromatic rings. The predicted octanol–water partition coefficient (Wildman–Crippen LogP) is 1.86. The van der Waals surface area contributed by atoms with E-state index in [-0.39, 0.29) is 11.8 Å². The van der Waals surface area contributed by atoms with Crippen molar-refractivity contribution in [2.75, 3.05) is 41.9 Å². The number of piperidine rings is 1. The van der Waals surface area contributed by atoms with Gasteiger partial charge in [-0.3, -0.25) is 14.4 Å². The molecule has 1 fully saturated rings. The quantitative estimate of drug-likeness (QED) is 0.590. The van der Waals surface area contributed by atoms with Gasteiger partial charge in [-0.2, -0.15) is 5.10 Å². The minimum atomic E-state index is -0.590. The predicted molar refractivity (Wildman–Crippen MR) is 130 cm³/mol. The monoisotopic (exact) mass is 463 g/mol. The van der Waals surface area contributed by atoms with Crippen molar-refractivity contribution in [3.63, 3.8) is 0 Å². The zero-order chi connectivity index (χ0) is 24.0. The van der Waals surface area contributed by atoms with Crippen molar-refractivity contribution in [2.24, 2.45) is 12.8 Å². The zero-order valence-electron chi connectivity index (χ0n) is 19.5. The lowest BCUT2D eigenvalue weighted by atomic mass is 10.0. The number of aliphatic hydroxyl groups excluding tert-OH is 1. The number of hydrogen-bond acceptors (Lipinski definition) is 8. The lowest BCUT2D eigenvalue weighted by Gasteiger charge is -2.36. The molecule has 10 heteroatoms. The molecule has 2 aliphatic heterocycles. The summed E-state index contributed by atoms with van der Waals surface area (Å²) in [6, 6.07) is 7.92. The number of primary amides is 1. The second-order valence-corrected chi connectivity index (χ2v) is 8.95. The van der Waals surface area contributed by atoms with Crippen LogP contribution in [0.25, 0.3) is 10.9 Å². The summed E-state index contributed by atoms with van der Waals surface area (Å²) in [6.07, 6.45) is 5.43. The van der Waals surface area contributed by atoms with Crippen molar-refractivity contribution in [1.29, 1.82) is 0 Å². The first-order chi connectivity index (χ1) is 16.3. The van der Waals surface area contributed by atoms with Crippen LogP contribution in [0.15, 0.2) is 48.6 Å². The van der Waals surface area contributed by atoms with Gasteiger partial charge in [0.05, 0.1) is 29.2 Å². The SMILES string of the molecule is CN(C)c1cc(C2OC=C(C(N)=O)N2c2cc3cnn(C)c3cc2N2CCC(O)CC2)ccn1. The van der Waals surface area contributed by atoms with Gasteiger partial charge in [0.2, 0.25) is 6.23 Å². The molecule has 5 rings (SSSR count). The molecule has 4 heterocycles. The van der Waals surface area contributed by atoms with Gasteiger partial charge in [0.15, 0.2) is 0 Å². The lowest BCUT2D eigenvalue weighted by molar-refractivity contribution is -0.114. The summed E-state index contributed by atoms with van der Waals surface area (Å²) in [5, 5.41) is 15.4. The molecule has 0 bridgehead atoms. The van der Waals surface area contributed by atoms with Crippen LogP contribution in [0.2, 0.25) is 0 Å². The summed E-state index contributed by atoms with van der Waals surface area (Å²) in [7, 11) is 5.75. The van der Waals surface area contributed by atoms with E-state index in [0.717, 1.165) is 33.7 Å². The number of benzene rings is 1. The van der Waals surface area contributed by atoms with Crippen molar-refractivity contribution in [1.82, 2.24) is 14.8 Å². The first kappa shape index (κ1) is 22.0. The number of amides is 1. The molecule has 2 aliphatic rings. The molecular formula is C24H29N7O3. The summed E-state index contributed by atoms with van der Waals surface area (Å²) < 4.78 is 7.86. The average Bonchev–Trinajstić information content (AvgIpc) is 3.43. The molecule has 1 aromatic carbocycles. The van der Waals surface area contributed by atoms with Gasteiger partial charge in [0.1, 0.15) is 17.8 Å². The Bertz CT molecular complexity index is 1260. The number of fused-ring (bicyclic) bond motifs is 1. The molecule has 2 aromatic heterocycles. The van der Waals surface area contributed by atoms with Gasteiger partial charge in [-0.05, 0) is 37.1 Å². The van der Waals surface area contributed by atoms with Crippen LogP contribution in [0.1, 0.15) is 24.6 Å². The Labute approximate surface area is 197 Å². The summed E-state index contributed by atoms with van der Waals surface area (Å²) in [6.45, 7) is 1.40. The largest absolute Gasteiger partial charge is 0.471 e. The van der Waals surface area contributed by atoms with Crippen LogP contribution in [0.3, 0.4) is 0 Å². The molecule has 0 saturated carbocycles. The molecular weight excluding hydrogens is 434 g/mol. The smallest absolute Gasteiger partial charge is 0.268 e. The van der Waals surface area contributed by atoms with Crippen molar-refractivity contribution >= 4 is 34.0 Å². The van der Waals surface area contributed by atoms with Crippen molar-refractivity contribution < 1.29 is 14.6 Å². The number of carbonyl (C=O) groups excluding carboxylic acids is 1. The average molecular weight is 464 g/mol. The number of rotatable bonds is 5. The van der Waals surface area contributed by atoms with Gasteiger partial charge >= 0.3 is 0 Å². The van der Waals surface area contributed by atoms with Gasteiger partial charge in [-0.1, -0.05) is 0 Å². The second kappa shape index (κ2) is 8.53. The van der Waals surface area contributed by atoms with Gasteiger partial charge in [0.25, 0.3) is 5.91 Å². The molecule has 1 unspecified atom stereocenters. The van der Waals surface area contributed by atoms with Crippen molar-refractivity contribution in [2.45, 2.75) is 25.2 Å². The molecule has 34 heavy (non-hydrogen) atoms. The minimum Gasteiger partial charge on any atom is -0.471 e. The lowest BCUT2D eigenvalue weighted by Crippen LogP contribution is -2.38. The van der Waals surface area contributed by atoms with E-state index in [1.165, 1.54) is 6.26 Å². The Morgan fingerprint density at radius 2 is 1.97 bits per heavy atom. The van der Waals surface area contributed by atoms with Crippen LogP contribution in [-0.2, 0) is 16.6 Å². The Kier molecular flexibility index (Phi) is 5.52. The first-order valence-corrected chi connectivity index (χ1v) is 11.3. The molecule has 1 saturated heterocycles. The highest BCUT2D eigenvalue weighted by atomic mass is 16.5. The molecule has 3 N–H and O–H groups in total. The van der Waals surface area contributed by atoms with Gasteiger partial charge in [-0.25, -0.2) is 4.98 Å². The fraction of sp³-hybridized carbons (Fsp3) is 0.375. The molecule has 178 valence electrons. The summed E-state index contributed by atoms with van der Waals surface area (Å²) >= 11 is 0. The van der Waals surface area contributed by atoms with Crippen LogP contribution in [0.4, 0.5) is 17.2 Å². The van der Waals surface area contributed by atoms with Crippen LogP contribution in [0.5, 0.6) is 0 Å². The third kappa shape index (κ3) is 3.79. The number of nitrogens with zero attached hydrogens (tertiary/aromatic N) is 6. The number of ether oxygens (including phenoxy) is 1. The van der Waals surface area contributed by atoms with E-state index in [1.54, 1.807) is 12.4 Å². The Hall–Kier alpha value is -3.79. The maximum absolute atomic E-state index is 12.5. The van der Waals surface area contributed by atoms with Crippen molar-refractivity contribution in [3.8, 4) is 0 Å². The van der Waals surface area contributed by atoms with Crippen LogP contribution in [0, 0.1) is 0 Å². The van der Waals surface area contributed by atoms with E-state index in [4.69, 9.17) is 10.5 Å². The van der Waals surface area contributed by atoms with Crippen LogP contribution in [-0.4, -0.2) is 59.1 Å². The maximum Gasteiger partial charge on any atom is 0.268 e. The third-order valence-electron chi connectivity index (χ3n) is 6.48. The van der Waals surface area contributed by atoms with E-state index in [9.17, 15) is 9.90 Å². The number of hydrogen-bond donors (Lipinski definition) is 2. The number of aliphatic hydroxyl groups is 1.